The van der Waals surface area contributed by atoms with Crippen molar-refractivity contribution in [2.45, 2.75) is 70.1 Å². The van der Waals surface area contributed by atoms with Crippen molar-refractivity contribution >= 4 is 23.7 Å². The van der Waals surface area contributed by atoms with E-state index in [1.54, 1.807) is 43.3 Å². The Morgan fingerprint density at radius 2 is 1.54 bits per heavy atom. The van der Waals surface area contributed by atoms with Gasteiger partial charge in [-0.1, -0.05) is 62.7 Å². The van der Waals surface area contributed by atoms with Crippen molar-refractivity contribution in [2.75, 3.05) is 6.54 Å². The normalized spacial score (nSPS) is 17.8. The Morgan fingerprint density at radius 3 is 2.13 bits per heavy atom. The SMILES string of the molecule is CCC(C)C(NC(=O)C(Cc1ccc(O)cc1)NC(=O)C1CCCN1)C(=O)NC(Cc1ccccc1)C(=O)O. The summed E-state index contributed by atoms with van der Waals surface area (Å²) >= 11 is 0. The molecule has 2 aromatic rings. The molecule has 6 N–H and O–H groups in total. The summed E-state index contributed by atoms with van der Waals surface area (Å²) in [6.07, 6.45) is 2.31. The zero-order chi connectivity index (χ0) is 28.4. The van der Waals surface area contributed by atoms with Gasteiger partial charge < -0.3 is 31.5 Å². The van der Waals surface area contributed by atoms with Gasteiger partial charge in [-0.25, -0.2) is 4.79 Å². The lowest BCUT2D eigenvalue weighted by molar-refractivity contribution is -0.142. The van der Waals surface area contributed by atoms with Crippen molar-refractivity contribution < 1.29 is 29.4 Å². The molecule has 2 aromatic carbocycles. The second kappa shape index (κ2) is 14.3. The number of aliphatic carboxylic acids is 1. The monoisotopic (exact) mass is 538 g/mol. The zero-order valence-electron chi connectivity index (χ0n) is 22.4. The van der Waals surface area contributed by atoms with Gasteiger partial charge in [-0.05, 0) is 48.6 Å². The maximum Gasteiger partial charge on any atom is 0.326 e. The Bertz CT molecular complexity index is 1120. The summed E-state index contributed by atoms with van der Waals surface area (Å²) in [6, 6.07) is 11.7. The summed E-state index contributed by atoms with van der Waals surface area (Å²) in [6.45, 7) is 4.39. The molecule has 0 radical (unpaired) electrons. The first-order valence-corrected chi connectivity index (χ1v) is 13.4. The molecule has 5 atom stereocenters. The van der Waals surface area contributed by atoms with Gasteiger partial charge in [0.25, 0.3) is 0 Å². The van der Waals surface area contributed by atoms with Crippen molar-refractivity contribution in [3.63, 3.8) is 0 Å². The fraction of sp³-hybridized carbons (Fsp3) is 0.448. The van der Waals surface area contributed by atoms with Crippen LogP contribution in [0, 0.1) is 5.92 Å². The van der Waals surface area contributed by atoms with E-state index >= 15 is 0 Å². The molecule has 1 heterocycles. The highest BCUT2D eigenvalue weighted by atomic mass is 16.4. The maximum atomic E-state index is 13.5. The first kappa shape index (κ1) is 29.6. The van der Waals surface area contributed by atoms with Crippen LogP contribution in [0.4, 0.5) is 0 Å². The number of hydrogen-bond donors (Lipinski definition) is 6. The van der Waals surface area contributed by atoms with Crippen LogP contribution >= 0.6 is 0 Å². The van der Waals surface area contributed by atoms with Gasteiger partial charge in [0.05, 0.1) is 6.04 Å². The van der Waals surface area contributed by atoms with Crippen molar-refractivity contribution in [1.29, 1.82) is 0 Å². The maximum absolute atomic E-state index is 13.5. The first-order valence-electron chi connectivity index (χ1n) is 13.4. The molecule has 10 nitrogen and oxygen atoms in total. The molecule has 1 aliphatic heterocycles. The molecule has 1 saturated heterocycles. The van der Waals surface area contributed by atoms with Gasteiger partial charge in [-0.15, -0.1) is 0 Å². The third-order valence-corrected chi connectivity index (χ3v) is 7.08. The predicted octanol–water partition coefficient (Wildman–Crippen LogP) is 1.51. The van der Waals surface area contributed by atoms with E-state index in [1.165, 1.54) is 12.1 Å². The van der Waals surface area contributed by atoms with Gasteiger partial charge in [-0.3, -0.25) is 14.4 Å². The van der Waals surface area contributed by atoms with Crippen LogP contribution in [0.5, 0.6) is 5.75 Å². The van der Waals surface area contributed by atoms with E-state index in [0.717, 1.165) is 18.5 Å². The number of amides is 3. The minimum atomic E-state index is -1.18. The van der Waals surface area contributed by atoms with E-state index in [4.69, 9.17) is 0 Å². The third-order valence-electron chi connectivity index (χ3n) is 7.08. The van der Waals surface area contributed by atoms with Gasteiger partial charge >= 0.3 is 5.97 Å². The molecule has 0 bridgehead atoms. The Morgan fingerprint density at radius 1 is 0.897 bits per heavy atom. The van der Waals surface area contributed by atoms with Gasteiger partial charge in [-0.2, -0.15) is 0 Å². The van der Waals surface area contributed by atoms with E-state index in [-0.39, 0.29) is 30.4 Å². The third kappa shape index (κ3) is 8.81. The lowest BCUT2D eigenvalue weighted by atomic mass is 9.96. The average molecular weight is 539 g/mol. The van der Waals surface area contributed by atoms with Crippen LogP contribution < -0.4 is 21.3 Å². The Hall–Kier alpha value is -3.92. The van der Waals surface area contributed by atoms with Crippen molar-refractivity contribution in [1.82, 2.24) is 21.3 Å². The van der Waals surface area contributed by atoms with Crippen molar-refractivity contribution in [3.05, 3.63) is 65.7 Å². The van der Waals surface area contributed by atoms with E-state index in [2.05, 4.69) is 21.3 Å². The molecule has 1 fully saturated rings. The first-order chi connectivity index (χ1) is 18.7. The summed E-state index contributed by atoms with van der Waals surface area (Å²) in [5.41, 5.74) is 1.47. The van der Waals surface area contributed by atoms with Gasteiger partial charge in [0.15, 0.2) is 0 Å². The minimum absolute atomic E-state index is 0.0796. The minimum Gasteiger partial charge on any atom is -0.508 e. The number of carbonyl (C=O) groups is 4. The fourth-order valence-electron chi connectivity index (χ4n) is 4.52. The average Bonchev–Trinajstić information content (AvgIpc) is 3.47. The highest BCUT2D eigenvalue weighted by Gasteiger charge is 2.33. The molecule has 0 aromatic heterocycles. The second-order valence-electron chi connectivity index (χ2n) is 10.0. The van der Waals surface area contributed by atoms with Crippen LogP contribution in [-0.2, 0) is 32.0 Å². The Balaban J connectivity index is 1.76. The summed E-state index contributed by atoms with van der Waals surface area (Å²) in [7, 11) is 0. The van der Waals surface area contributed by atoms with E-state index in [1.807, 2.05) is 13.0 Å². The molecule has 0 aliphatic carbocycles. The molecule has 210 valence electrons. The topological polar surface area (TPSA) is 157 Å². The highest BCUT2D eigenvalue weighted by Crippen LogP contribution is 2.14. The standard InChI is InChI=1S/C29H38N4O6/c1-3-18(2)25(28(37)32-24(29(38)39)17-19-8-5-4-6-9-19)33-27(36)23(16-20-11-13-21(34)14-12-20)31-26(35)22-10-7-15-30-22/h4-6,8-9,11-14,18,22-25,30,34H,3,7,10,15-17H2,1-2H3,(H,31,35)(H,32,37)(H,33,36)(H,38,39). The van der Waals surface area contributed by atoms with Crippen LogP contribution in [0.25, 0.3) is 0 Å². The second-order valence-corrected chi connectivity index (χ2v) is 10.0. The number of carboxylic acids is 1. The molecular weight excluding hydrogens is 500 g/mol. The fourth-order valence-corrected chi connectivity index (χ4v) is 4.52. The Labute approximate surface area is 228 Å². The number of phenolic OH excluding ortho intramolecular Hbond substituents is 1. The van der Waals surface area contributed by atoms with Crippen LogP contribution in [0.3, 0.4) is 0 Å². The molecule has 10 heteroatoms. The number of benzene rings is 2. The molecule has 0 spiro atoms. The Kier molecular flexibility index (Phi) is 10.9. The number of carboxylic acid groups (broad SMARTS) is 1. The summed E-state index contributed by atoms with van der Waals surface area (Å²) in [5, 5.41) is 30.7. The molecule has 39 heavy (non-hydrogen) atoms. The van der Waals surface area contributed by atoms with Gasteiger partial charge in [0.1, 0.15) is 23.9 Å². The van der Waals surface area contributed by atoms with E-state index in [9.17, 15) is 29.4 Å². The molecule has 1 aliphatic rings. The summed E-state index contributed by atoms with van der Waals surface area (Å²) in [5.74, 6) is -2.86. The lowest BCUT2D eigenvalue weighted by Gasteiger charge is -2.28. The van der Waals surface area contributed by atoms with Crippen LogP contribution in [0.1, 0.15) is 44.2 Å². The summed E-state index contributed by atoms with van der Waals surface area (Å²) < 4.78 is 0. The number of hydrogen-bond acceptors (Lipinski definition) is 6. The molecule has 3 rings (SSSR count). The molecule has 0 saturated carbocycles. The van der Waals surface area contributed by atoms with Crippen molar-refractivity contribution in [3.8, 4) is 5.75 Å². The lowest BCUT2D eigenvalue weighted by Crippen LogP contribution is -2.59. The zero-order valence-corrected chi connectivity index (χ0v) is 22.4. The van der Waals surface area contributed by atoms with Crippen LogP contribution in [-0.4, -0.2) is 64.6 Å². The molecule has 5 unspecified atom stereocenters. The van der Waals surface area contributed by atoms with Crippen LogP contribution in [0.15, 0.2) is 54.6 Å². The van der Waals surface area contributed by atoms with E-state index < -0.39 is 42.0 Å². The van der Waals surface area contributed by atoms with Gasteiger partial charge in [0, 0.05) is 12.8 Å². The number of aromatic hydroxyl groups is 1. The van der Waals surface area contributed by atoms with Crippen molar-refractivity contribution in [2.24, 2.45) is 5.92 Å². The molecule has 3 amide bonds. The summed E-state index contributed by atoms with van der Waals surface area (Å²) in [4.78, 5) is 51.6. The van der Waals surface area contributed by atoms with Crippen LogP contribution in [0.2, 0.25) is 0 Å². The number of carbonyl (C=O) groups excluding carboxylic acids is 3. The molecular formula is C29H38N4O6. The van der Waals surface area contributed by atoms with E-state index in [0.29, 0.717) is 18.4 Å². The highest BCUT2D eigenvalue weighted by molar-refractivity contribution is 5.94. The number of rotatable bonds is 13. The predicted molar refractivity (Wildman–Crippen MR) is 146 cm³/mol. The van der Waals surface area contributed by atoms with Gasteiger partial charge in [0.2, 0.25) is 17.7 Å². The number of phenols is 1. The number of nitrogens with one attached hydrogen (secondary N) is 4. The quantitative estimate of drug-likeness (QED) is 0.226. The smallest absolute Gasteiger partial charge is 0.326 e. The largest absolute Gasteiger partial charge is 0.508 e.